The van der Waals surface area contributed by atoms with Gasteiger partial charge in [0.25, 0.3) is 0 Å². The lowest BCUT2D eigenvalue weighted by Gasteiger charge is -2.27. The zero-order valence-corrected chi connectivity index (χ0v) is 13.2. The van der Waals surface area contributed by atoms with Crippen LogP contribution in [0.3, 0.4) is 0 Å². The number of amides is 1. The Labute approximate surface area is 123 Å². The maximum atomic E-state index is 11.5. The number of carbonyl (C=O) groups excluding carboxylic acids is 2. The zero-order valence-electron chi connectivity index (χ0n) is 11.6. The minimum absolute atomic E-state index is 0.215. The van der Waals surface area contributed by atoms with E-state index in [9.17, 15) is 9.59 Å². The van der Waals surface area contributed by atoms with Gasteiger partial charge in [-0.15, -0.1) is 0 Å². The molecule has 1 rings (SSSR count). The van der Waals surface area contributed by atoms with Crippen LogP contribution in [0.2, 0.25) is 0 Å². The highest BCUT2D eigenvalue weighted by Crippen LogP contribution is 2.29. The highest BCUT2D eigenvalue weighted by molar-refractivity contribution is 9.09. The second kappa shape index (κ2) is 9.34. The summed E-state index contributed by atoms with van der Waals surface area (Å²) in [5.74, 6) is 1.01. The van der Waals surface area contributed by atoms with Crippen molar-refractivity contribution in [3.8, 4) is 0 Å². The van der Waals surface area contributed by atoms with Gasteiger partial charge in [-0.1, -0.05) is 29.3 Å². The molecule has 1 aliphatic carbocycles. The lowest BCUT2D eigenvalue weighted by molar-refractivity contribution is -0.121. The molecule has 0 aliphatic heterocycles. The van der Waals surface area contributed by atoms with E-state index in [-0.39, 0.29) is 12.0 Å². The van der Waals surface area contributed by atoms with Gasteiger partial charge in [-0.2, -0.15) is 0 Å². The average molecular weight is 334 g/mol. The first-order chi connectivity index (χ1) is 9.17. The van der Waals surface area contributed by atoms with Crippen LogP contribution in [0.5, 0.6) is 0 Å². The number of halogens is 1. The van der Waals surface area contributed by atoms with Crippen molar-refractivity contribution in [2.24, 2.45) is 11.8 Å². The molecule has 0 spiro atoms. The van der Waals surface area contributed by atoms with Crippen LogP contribution in [0.15, 0.2) is 0 Å². The van der Waals surface area contributed by atoms with E-state index < -0.39 is 0 Å². The number of ketones is 1. The van der Waals surface area contributed by atoms with E-state index in [1.807, 2.05) is 0 Å². The third kappa shape index (κ3) is 6.41. The fraction of sp³-hybridized carbons (Fsp3) is 0.857. The van der Waals surface area contributed by atoms with Crippen molar-refractivity contribution in [1.82, 2.24) is 5.32 Å². The van der Waals surface area contributed by atoms with Crippen molar-refractivity contribution < 1.29 is 14.3 Å². The average Bonchev–Trinajstić information content (AvgIpc) is 2.45. The van der Waals surface area contributed by atoms with E-state index in [4.69, 9.17) is 4.74 Å². The van der Waals surface area contributed by atoms with Gasteiger partial charge in [0.2, 0.25) is 0 Å². The van der Waals surface area contributed by atoms with E-state index >= 15 is 0 Å². The van der Waals surface area contributed by atoms with Gasteiger partial charge in [-0.3, -0.25) is 4.79 Å². The Hall–Kier alpha value is -0.580. The number of unbranched alkanes of at least 4 members (excludes halogenated alkanes) is 1. The fourth-order valence-electron chi connectivity index (χ4n) is 2.39. The van der Waals surface area contributed by atoms with Gasteiger partial charge in [-0.05, 0) is 38.0 Å². The molecule has 0 aromatic carbocycles. The number of hydrogen-bond acceptors (Lipinski definition) is 3. The minimum Gasteiger partial charge on any atom is -0.450 e. The van der Waals surface area contributed by atoms with Crippen LogP contribution in [0.25, 0.3) is 0 Å². The number of carbonyl (C=O) groups is 2. The number of ether oxygens (including phenoxy) is 1. The smallest absolute Gasteiger partial charge is 0.407 e. The van der Waals surface area contributed by atoms with Crippen molar-refractivity contribution in [2.75, 3.05) is 18.5 Å². The molecule has 0 saturated heterocycles. The summed E-state index contributed by atoms with van der Waals surface area (Å²) in [7, 11) is 0. The molecule has 1 saturated carbocycles. The molecule has 19 heavy (non-hydrogen) atoms. The maximum Gasteiger partial charge on any atom is 0.407 e. The molecule has 4 nitrogen and oxygen atoms in total. The van der Waals surface area contributed by atoms with Crippen LogP contribution < -0.4 is 5.32 Å². The van der Waals surface area contributed by atoms with Gasteiger partial charge in [-0.25, -0.2) is 4.79 Å². The number of hydrogen-bond donors (Lipinski definition) is 1. The summed E-state index contributed by atoms with van der Waals surface area (Å²) in [5.41, 5.74) is 0. The van der Waals surface area contributed by atoms with Gasteiger partial charge in [0.1, 0.15) is 5.78 Å². The Morgan fingerprint density at radius 1 is 1.26 bits per heavy atom. The number of alkyl carbamates (subject to hydrolysis) is 1. The van der Waals surface area contributed by atoms with Gasteiger partial charge >= 0.3 is 6.09 Å². The van der Waals surface area contributed by atoms with Crippen molar-refractivity contribution >= 4 is 27.8 Å². The molecule has 1 aliphatic rings. The molecule has 1 fully saturated rings. The normalized spacial score (nSPS) is 22.8. The number of alkyl halides is 1. The molecule has 0 unspecified atom stereocenters. The lowest BCUT2D eigenvalue weighted by atomic mass is 9.80. The number of rotatable bonds is 7. The molecule has 0 bridgehead atoms. The monoisotopic (exact) mass is 333 g/mol. The molecule has 1 amide bonds. The van der Waals surface area contributed by atoms with E-state index in [0.717, 1.165) is 38.5 Å². The minimum atomic E-state index is -0.313. The van der Waals surface area contributed by atoms with Crippen molar-refractivity contribution in [2.45, 2.75) is 45.4 Å². The van der Waals surface area contributed by atoms with Crippen LogP contribution >= 0.6 is 15.9 Å². The van der Waals surface area contributed by atoms with Crippen LogP contribution in [-0.2, 0) is 9.53 Å². The summed E-state index contributed by atoms with van der Waals surface area (Å²) >= 11 is 3.22. The zero-order chi connectivity index (χ0) is 14.1. The topological polar surface area (TPSA) is 55.4 Å². The molecule has 0 radical (unpaired) electrons. The molecule has 0 heterocycles. The van der Waals surface area contributed by atoms with Crippen LogP contribution in [0, 0.1) is 11.8 Å². The largest absolute Gasteiger partial charge is 0.450 e. The molecule has 5 heteroatoms. The summed E-state index contributed by atoms with van der Waals surface area (Å²) in [6, 6.07) is 0. The summed E-state index contributed by atoms with van der Waals surface area (Å²) in [6.45, 7) is 3.23. The van der Waals surface area contributed by atoms with Gasteiger partial charge < -0.3 is 10.1 Å². The van der Waals surface area contributed by atoms with E-state index in [0.29, 0.717) is 30.2 Å². The summed E-state index contributed by atoms with van der Waals surface area (Å²) in [5, 5.41) is 3.28. The van der Waals surface area contributed by atoms with E-state index in [1.54, 1.807) is 0 Å². The molecule has 0 aromatic heterocycles. The number of Topliss-reactive ketones (excluding diaryl/α,β-unsaturated/α-hetero) is 1. The van der Waals surface area contributed by atoms with Gasteiger partial charge in [0, 0.05) is 12.5 Å². The highest BCUT2D eigenvalue weighted by Gasteiger charge is 2.25. The predicted octanol–water partition coefficient (Wildman–Crippen LogP) is 3.28. The lowest BCUT2D eigenvalue weighted by Crippen LogP contribution is -2.33. The van der Waals surface area contributed by atoms with E-state index in [2.05, 4.69) is 28.2 Å². The van der Waals surface area contributed by atoms with E-state index in [1.165, 1.54) is 0 Å². The van der Waals surface area contributed by atoms with Crippen LogP contribution in [0.4, 0.5) is 4.79 Å². The SMILES string of the molecule is CCCCOC(=O)NCC1CCC(C(=O)CBr)CC1. The Morgan fingerprint density at radius 2 is 1.95 bits per heavy atom. The second-order valence-electron chi connectivity index (χ2n) is 5.19. The van der Waals surface area contributed by atoms with Crippen LogP contribution in [0.1, 0.15) is 45.4 Å². The summed E-state index contributed by atoms with van der Waals surface area (Å²) in [4.78, 5) is 22.9. The Morgan fingerprint density at radius 3 is 2.53 bits per heavy atom. The first-order valence-electron chi connectivity index (χ1n) is 7.16. The molecule has 0 aromatic rings. The maximum absolute atomic E-state index is 11.5. The standard InChI is InChI=1S/C14H24BrNO3/c1-2-3-8-19-14(18)16-10-11-4-6-12(7-5-11)13(17)9-15/h11-12H,2-10H2,1H3,(H,16,18). The Balaban J connectivity index is 2.12. The van der Waals surface area contributed by atoms with Gasteiger partial charge in [0.15, 0.2) is 0 Å². The molecule has 110 valence electrons. The Bertz CT molecular complexity index is 288. The fourth-order valence-corrected chi connectivity index (χ4v) is 2.84. The Kier molecular flexibility index (Phi) is 8.10. The van der Waals surface area contributed by atoms with Gasteiger partial charge in [0.05, 0.1) is 11.9 Å². The molecular weight excluding hydrogens is 310 g/mol. The summed E-state index contributed by atoms with van der Waals surface area (Å²) < 4.78 is 5.04. The third-order valence-corrected chi connectivity index (χ3v) is 4.25. The van der Waals surface area contributed by atoms with Crippen LogP contribution in [-0.4, -0.2) is 30.4 Å². The highest BCUT2D eigenvalue weighted by atomic mass is 79.9. The molecule has 1 N–H and O–H groups in total. The quantitative estimate of drug-likeness (QED) is 0.574. The molecule has 0 atom stereocenters. The second-order valence-corrected chi connectivity index (χ2v) is 5.75. The predicted molar refractivity (Wildman–Crippen MR) is 78.5 cm³/mol. The molecular formula is C14H24BrNO3. The number of nitrogens with one attached hydrogen (secondary N) is 1. The third-order valence-electron chi connectivity index (χ3n) is 3.70. The van der Waals surface area contributed by atoms with Crippen molar-refractivity contribution in [1.29, 1.82) is 0 Å². The first kappa shape index (κ1) is 16.5. The van der Waals surface area contributed by atoms with Crippen molar-refractivity contribution in [3.63, 3.8) is 0 Å². The first-order valence-corrected chi connectivity index (χ1v) is 8.28. The summed E-state index contributed by atoms with van der Waals surface area (Å²) in [6.07, 6.45) is 5.54. The van der Waals surface area contributed by atoms with Crippen molar-refractivity contribution in [3.05, 3.63) is 0 Å².